The molecular formula is C11H12N4O3. The molecule has 18 heavy (non-hydrogen) atoms. The molecule has 7 heteroatoms. The van der Waals surface area contributed by atoms with Gasteiger partial charge in [0.05, 0.1) is 6.54 Å². The van der Waals surface area contributed by atoms with E-state index < -0.39 is 11.8 Å². The Morgan fingerprint density at radius 1 is 1.44 bits per heavy atom. The van der Waals surface area contributed by atoms with Crippen molar-refractivity contribution in [1.29, 1.82) is 0 Å². The number of carbonyl (C=O) groups is 2. The Morgan fingerprint density at radius 3 is 2.83 bits per heavy atom. The van der Waals surface area contributed by atoms with Crippen molar-refractivity contribution in [2.45, 2.75) is 6.54 Å². The number of aromatic nitrogens is 2. The summed E-state index contributed by atoms with van der Waals surface area (Å²) in [6.07, 6.45) is 1.66. The number of hydrogen-bond donors (Lipinski definition) is 2. The first-order valence-electron chi connectivity index (χ1n) is 5.22. The molecule has 0 atom stereocenters. The predicted octanol–water partition coefficient (Wildman–Crippen LogP) is -0.218. The van der Waals surface area contributed by atoms with Crippen LogP contribution in [0, 0.1) is 0 Å². The minimum Gasteiger partial charge on any atom is -0.458 e. The highest BCUT2D eigenvalue weighted by Gasteiger charge is 2.11. The van der Waals surface area contributed by atoms with E-state index in [9.17, 15) is 9.59 Å². The zero-order valence-electron chi connectivity index (χ0n) is 9.71. The standard InChI is InChI=1S/C11H12N4O3/c1-15-8(4-5-14-15)9-3-2-7(18-9)6-13-11(17)10(12)16/h2-5H,6H2,1H3,(H2,12,16)(H,13,17). The fourth-order valence-electron chi connectivity index (χ4n) is 1.48. The molecule has 2 aromatic rings. The second-order valence-electron chi connectivity index (χ2n) is 3.65. The van der Waals surface area contributed by atoms with Gasteiger partial charge in [0, 0.05) is 13.2 Å². The highest BCUT2D eigenvalue weighted by Crippen LogP contribution is 2.20. The molecule has 0 radical (unpaired) electrons. The van der Waals surface area contributed by atoms with Gasteiger partial charge in [-0.15, -0.1) is 0 Å². The van der Waals surface area contributed by atoms with E-state index in [0.717, 1.165) is 5.69 Å². The monoisotopic (exact) mass is 248 g/mol. The fourth-order valence-corrected chi connectivity index (χ4v) is 1.48. The molecule has 0 aliphatic heterocycles. The topological polar surface area (TPSA) is 103 Å². The van der Waals surface area contributed by atoms with Crippen LogP contribution in [0.25, 0.3) is 11.5 Å². The normalized spacial score (nSPS) is 10.3. The largest absolute Gasteiger partial charge is 0.458 e. The highest BCUT2D eigenvalue weighted by atomic mass is 16.3. The lowest BCUT2D eigenvalue weighted by molar-refractivity contribution is -0.137. The molecule has 0 aromatic carbocycles. The average Bonchev–Trinajstić information content (AvgIpc) is 2.94. The van der Waals surface area contributed by atoms with E-state index in [0.29, 0.717) is 11.5 Å². The van der Waals surface area contributed by atoms with Crippen LogP contribution in [0.2, 0.25) is 0 Å². The third-order valence-corrected chi connectivity index (χ3v) is 2.38. The molecule has 0 saturated heterocycles. The van der Waals surface area contributed by atoms with Crippen LogP contribution >= 0.6 is 0 Å². The quantitative estimate of drug-likeness (QED) is 0.733. The summed E-state index contributed by atoms with van der Waals surface area (Å²) in [6.45, 7) is 0.111. The SMILES string of the molecule is Cn1nccc1-c1ccc(CNC(=O)C(N)=O)o1. The average molecular weight is 248 g/mol. The predicted molar refractivity (Wildman–Crippen MR) is 62.0 cm³/mol. The van der Waals surface area contributed by atoms with Crippen LogP contribution in [0.4, 0.5) is 0 Å². The number of amides is 2. The number of aryl methyl sites for hydroxylation is 1. The van der Waals surface area contributed by atoms with Crippen molar-refractivity contribution >= 4 is 11.8 Å². The summed E-state index contributed by atoms with van der Waals surface area (Å²) in [5, 5.41) is 6.37. The number of hydrogen-bond acceptors (Lipinski definition) is 4. The molecular weight excluding hydrogens is 236 g/mol. The molecule has 0 bridgehead atoms. The molecule has 3 N–H and O–H groups in total. The summed E-state index contributed by atoms with van der Waals surface area (Å²) in [5.41, 5.74) is 5.63. The summed E-state index contributed by atoms with van der Waals surface area (Å²) in [7, 11) is 1.80. The summed E-state index contributed by atoms with van der Waals surface area (Å²) in [4.78, 5) is 21.5. The molecule has 0 fully saturated rings. The van der Waals surface area contributed by atoms with Gasteiger partial charge in [-0.05, 0) is 18.2 Å². The maximum absolute atomic E-state index is 11.0. The zero-order valence-corrected chi connectivity index (χ0v) is 9.71. The molecule has 2 amide bonds. The van der Waals surface area contributed by atoms with Gasteiger partial charge in [0.2, 0.25) is 0 Å². The van der Waals surface area contributed by atoms with E-state index in [1.54, 1.807) is 30.1 Å². The zero-order chi connectivity index (χ0) is 13.1. The minimum atomic E-state index is -1.02. The first-order chi connectivity index (χ1) is 8.58. The van der Waals surface area contributed by atoms with Gasteiger partial charge in [-0.25, -0.2) is 0 Å². The molecule has 0 unspecified atom stereocenters. The maximum Gasteiger partial charge on any atom is 0.309 e. The van der Waals surface area contributed by atoms with Gasteiger partial charge in [0.1, 0.15) is 11.5 Å². The summed E-state index contributed by atoms with van der Waals surface area (Å²) < 4.78 is 7.18. The van der Waals surface area contributed by atoms with Crippen molar-refractivity contribution in [3.05, 3.63) is 30.2 Å². The maximum atomic E-state index is 11.0. The summed E-state index contributed by atoms with van der Waals surface area (Å²) in [5.74, 6) is -0.693. The van der Waals surface area contributed by atoms with Gasteiger partial charge in [0.25, 0.3) is 0 Å². The lowest BCUT2D eigenvalue weighted by Gasteiger charge is -2.00. The van der Waals surface area contributed by atoms with Crippen LogP contribution in [0.1, 0.15) is 5.76 Å². The van der Waals surface area contributed by atoms with Gasteiger partial charge in [0.15, 0.2) is 5.76 Å². The molecule has 2 rings (SSSR count). The Labute approximate surface area is 103 Å². The Kier molecular flexibility index (Phi) is 3.13. The summed E-state index contributed by atoms with van der Waals surface area (Å²) in [6, 6.07) is 5.29. The lowest BCUT2D eigenvalue weighted by atomic mass is 10.3. The van der Waals surface area contributed by atoms with E-state index >= 15 is 0 Å². The molecule has 0 aliphatic rings. The van der Waals surface area contributed by atoms with E-state index in [1.165, 1.54) is 0 Å². The van der Waals surface area contributed by atoms with Gasteiger partial charge >= 0.3 is 11.8 Å². The third-order valence-electron chi connectivity index (χ3n) is 2.38. The summed E-state index contributed by atoms with van der Waals surface area (Å²) >= 11 is 0. The Hall–Kier alpha value is -2.57. The second-order valence-corrected chi connectivity index (χ2v) is 3.65. The molecule has 2 heterocycles. The molecule has 2 aromatic heterocycles. The van der Waals surface area contributed by atoms with Crippen LogP contribution in [-0.2, 0) is 23.2 Å². The molecule has 94 valence electrons. The molecule has 0 saturated carbocycles. The minimum absolute atomic E-state index is 0.111. The third kappa shape index (κ3) is 2.40. The Balaban J connectivity index is 2.05. The molecule has 0 aliphatic carbocycles. The van der Waals surface area contributed by atoms with Crippen molar-refractivity contribution in [2.75, 3.05) is 0 Å². The smallest absolute Gasteiger partial charge is 0.309 e. The van der Waals surface area contributed by atoms with Gasteiger partial charge in [-0.1, -0.05) is 0 Å². The highest BCUT2D eigenvalue weighted by molar-refractivity contribution is 6.34. The van der Waals surface area contributed by atoms with Crippen LogP contribution in [-0.4, -0.2) is 21.6 Å². The van der Waals surface area contributed by atoms with Crippen LogP contribution in [0.3, 0.4) is 0 Å². The van der Waals surface area contributed by atoms with Gasteiger partial charge < -0.3 is 15.5 Å². The van der Waals surface area contributed by atoms with E-state index in [1.807, 2.05) is 6.07 Å². The number of carbonyl (C=O) groups excluding carboxylic acids is 2. The van der Waals surface area contributed by atoms with Gasteiger partial charge in [-0.2, -0.15) is 5.10 Å². The first-order valence-corrected chi connectivity index (χ1v) is 5.22. The Bertz CT molecular complexity index is 585. The van der Waals surface area contributed by atoms with Crippen LogP contribution < -0.4 is 11.1 Å². The van der Waals surface area contributed by atoms with Crippen molar-refractivity contribution < 1.29 is 14.0 Å². The van der Waals surface area contributed by atoms with Crippen molar-refractivity contribution in [3.63, 3.8) is 0 Å². The molecule has 0 spiro atoms. The number of rotatable bonds is 3. The second kappa shape index (κ2) is 4.74. The van der Waals surface area contributed by atoms with E-state index in [2.05, 4.69) is 10.4 Å². The lowest BCUT2D eigenvalue weighted by Crippen LogP contribution is -2.35. The van der Waals surface area contributed by atoms with Crippen molar-refractivity contribution in [2.24, 2.45) is 12.8 Å². The number of nitrogens with one attached hydrogen (secondary N) is 1. The molecule has 7 nitrogen and oxygen atoms in total. The van der Waals surface area contributed by atoms with Crippen LogP contribution in [0.15, 0.2) is 28.8 Å². The number of nitrogens with two attached hydrogens (primary N) is 1. The number of primary amides is 1. The first kappa shape index (κ1) is 11.9. The van der Waals surface area contributed by atoms with E-state index in [-0.39, 0.29) is 6.54 Å². The van der Waals surface area contributed by atoms with Gasteiger partial charge in [-0.3, -0.25) is 14.3 Å². The van der Waals surface area contributed by atoms with Crippen LogP contribution in [0.5, 0.6) is 0 Å². The number of furan rings is 1. The Morgan fingerprint density at radius 2 is 2.22 bits per heavy atom. The van der Waals surface area contributed by atoms with E-state index in [4.69, 9.17) is 10.2 Å². The van der Waals surface area contributed by atoms with Crippen molar-refractivity contribution in [1.82, 2.24) is 15.1 Å². The van der Waals surface area contributed by atoms with Crippen molar-refractivity contribution in [3.8, 4) is 11.5 Å². The fraction of sp³-hybridized carbons (Fsp3) is 0.182. The number of nitrogens with zero attached hydrogens (tertiary/aromatic N) is 2.